The molecule has 138 valence electrons. The lowest BCUT2D eigenvalue weighted by Gasteiger charge is -2.31. The SMILES string of the molecule is CCn1nc(CN2CCCC(c3nc4ccccc4[nH]3)C2)c2ccccc21. The van der Waals surface area contributed by atoms with Gasteiger partial charge in [0.25, 0.3) is 0 Å². The van der Waals surface area contributed by atoms with Crippen molar-refractivity contribution in [1.82, 2.24) is 24.6 Å². The number of aryl methyl sites for hydroxylation is 1. The predicted molar refractivity (Wildman–Crippen MR) is 109 cm³/mol. The minimum absolute atomic E-state index is 0.464. The van der Waals surface area contributed by atoms with Gasteiger partial charge in [-0.1, -0.05) is 30.3 Å². The molecule has 5 nitrogen and oxygen atoms in total. The normalized spacial score (nSPS) is 18.5. The molecule has 2 aromatic heterocycles. The van der Waals surface area contributed by atoms with Crippen LogP contribution in [0.3, 0.4) is 0 Å². The summed E-state index contributed by atoms with van der Waals surface area (Å²) < 4.78 is 2.12. The van der Waals surface area contributed by atoms with Crippen LogP contribution in [0.5, 0.6) is 0 Å². The molecule has 0 saturated carbocycles. The number of aromatic nitrogens is 4. The summed E-state index contributed by atoms with van der Waals surface area (Å²) in [7, 11) is 0. The summed E-state index contributed by atoms with van der Waals surface area (Å²) in [6.45, 7) is 6.13. The number of fused-ring (bicyclic) bond motifs is 2. The molecule has 0 bridgehead atoms. The van der Waals surface area contributed by atoms with E-state index in [1.165, 1.54) is 29.4 Å². The van der Waals surface area contributed by atoms with Gasteiger partial charge in [-0.15, -0.1) is 0 Å². The summed E-state index contributed by atoms with van der Waals surface area (Å²) in [6.07, 6.45) is 2.40. The van der Waals surface area contributed by atoms with Crippen molar-refractivity contribution < 1.29 is 0 Å². The Labute approximate surface area is 159 Å². The van der Waals surface area contributed by atoms with Gasteiger partial charge in [0.15, 0.2) is 0 Å². The van der Waals surface area contributed by atoms with Gasteiger partial charge in [0.05, 0.1) is 22.2 Å². The fourth-order valence-corrected chi connectivity index (χ4v) is 4.35. The van der Waals surface area contributed by atoms with Gasteiger partial charge < -0.3 is 4.98 Å². The quantitative estimate of drug-likeness (QED) is 0.591. The number of aromatic amines is 1. The van der Waals surface area contributed by atoms with Crippen LogP contribution in [0.2, 0.25) is 0 Å². The Kier molecular flexibility index (Phi) is 4.17. The van der Waals surface area contributed by atoms with E-state index in [1.54, 1.807) is 0 Å². The molecule has 2 aromatic carbocycles. The van der Waals surface area contributed by atoms with Crippen molar-refractivity contribution in [3.8, 4) is 0 Å². The van der Waals surface area contributed by atoms with E-state index >= 15 is 0 Å². The highest BCUT2D eigenvalue weighted by Crippen LogP contribution is 2.28. The Morgan fingerprint density at radius 2 is 1.96 bits per heavy atom. The summed E-state index contributed by atoms with van der Waals surface area (Å²) in [6, 6.07) is 16.9. The molecule has 1 saturated heterocycles. The third kappa shape index (κ3) is 3.02. The van der Waals surface area contributed by atoms with E-state index in [0.29, 0.717) is 5.92 Å². The third-order valence-electron chi connectivity index (χ3n) is 5.71. The molecule has 1 atom stereocenters. The average Bonchev–Trinajstić information content (AvgIpc) is 3.30. The lowest BCUT2D eigenvalue weighted by molar-refractivity contribution is 0.195. The molecule has 0 radical (unpaired) electrons. The summed E-state index contributed by atoms with van der Waals surface area (Å²) >= 11 is 0. The van der Waals surface area contributed by atoms with E-state index in [0.717, 1.165) is 43.0 Å². The maximum absolute atomic E-state index is 4.89. The first-order valence-electron chi connectivity index (χ1n) is 9.93. The highest BCUT2D eigenvalue weighted by Gasteiger charge is 2.25. The maximum atomic E-state index is 4.89. The van der Waals surface area contributed by atoms with E-state index in [4.69, 9.17) is 10.1 Å². The molecule has 4 aromatic rings. The monoisotopic (exact) mass is 359 g/mol. The number of imidazole rings is 1. The first-order valence-corrected chi connectivity index (χ1v) is 9.93. The number of piperidine rings is 1. The Morgan fingerprint density at radius 3 is 2.85 bits per heavy atom. The zero-order chi connectivity index (χ0) is 18.2. The largest absolute Gasteiger partial charge is 0.342 e. The minimum atomic E-state index is 0.464. The molecule has 3 heterocycles. The van der Waals surface area contributed by atoms with Crippen molar-refractivity contribution in [1.29, 1.82) is 0 Å². The summed E-state index contributed by atoms with van der Waals surface area (Å²) in [5, 5.41) is 6.17. The van der Waals surface area contributed by atoms with Crippen molar-refractivity contribution >= 4 is 21.9 Å². The smallest absolute Gasteiger partial charge is 0.111 e. The average molecular weight is 359 g/mol. The van der Waals surface area contributed by atoms with E-state index in [-0.39, 0.29) is 0 Å². The molecule has 27 heavy (non-hydrogen) atoms. The summed E-state index contributed by atoms with van der Waals surface area (Å²) in [5.74, 6) is 1.59. The number of likely N-dealkylation sites (tertiary alicyclic amines) is 1. The van der Waals surface area contributed by atoms with Crippen molar-refractivity contribution in [2.45, 2.75) is 38.8 Å². The highest BCUT2D eigenvalue weighted by atomic mass is 15.3. The fraction of sp³-hybridized carbons (Fsp3) is 0.364. The van der Waals surface area contributed by atoms with Gasteiger partial charge in [-0.05, 0) is 44.5 Å². The molecule has 1 unspecified atom stereocenters. The summed E-state index contributed by atoms with van der Waals surface area (Å²) in [4.78, 5) is 10.9. The fourth-order valence-electron chi connectivity index (χ4n) is 4.35. The van der Waals surface area contributed by atoms with Crippen LogP contribution >= 0.6 is 0 Å². The Morgan fingerprint density at radius 1 is 1.11 bits per heavy atom. The van der Waals surface area contributed by atoms with Gasteiger partial charge >= 0.3 is 0 Å². The Balaban J connectivity index is 1.38. The topological polar surface area (TPSA) is 49.7 Å². The molecule has 1 fully saturated rings. The van der Waals surface area contributed by atoms with E-state index in [9.17, 15) is 0 Å². The Hall–Kier alpha value is -2.66. The number of benzene rings is 2. The number of para-hydroxylation sites is 3. The zero-order valence-electron chi connectivity index (χ0n) is 15.7. The van der Waals surface area contributed by atoms with Gasteiger partial charge in [-0.3, -0.25) is 9.58 Å². The second-order valence-corrected chi connectivity index (χ2v) is 7.49. The van der Waals surface area contributed by atoms with Gasteiger partial charge in [-0.25, -0.2) is 4.98 Å². The zero-order valence-corrected chi connectivity index (χ0v) is 15.7. The van der Waals surface area contributed by atoms with E-state index in [2.05, 4.69) is 70.0 Å². The predicted octanol–water partition coefficient (Wildman–Crippen LogP) is 4.31. The van der Waals surface area contributed by atoms with Crippen LogP contribution in [0.1, 0.15) is 37.2 Å². The lowest BCUT2D eigenvalue weighted by Crippen LogP contribution is -2.34. The van der Waals surface area contributed by atoms with Gasteiger partial charge in [0.2, 0.25) is 0 Å². The molecule has 5 heteroatoms. The number of hydrogen-bond donors (Lipinski definition) is 1. The van der Waals surface area contributed by atoms with Gasteiger partial charge in [0.1, 0.15) is 5.82 Å². The van der Waals surface area contributed by atoms with Crippen LogP contribution in [0.15, 0.2) is 48.5 Å². The third-order valence-corrected chi connectivity index (χ3v) is 5.71. The van der Waals surface area contributed by atoms with Crippen molar-refractivity contribution in [3.63, 3.8) is 0 Å². The molecular weight excluding hydrogens is 334 g/mol. The number of hydrogen-bond acceptors (Lipinski definition) is 3. The van der Waals surface area contributed by atoms with Crippen molar-refractivity contribution in [2.24, 2.45) is 0 Å². The van der Waals surface area contributed by atoms with Gasteiger partial charge in [0, 0.05) is 30.9 Å². The van der Waals surface area contributed by atoms with E-state index in [1.807, 2.05) is 0 Å². The number of nitrogens with zero attached hydrogens (tertiary/aromatic N) is 4. The minimum Gasteiger partial charge on any atom is -0.342 e. The molecule has 0 spiro atoms. The lowest BCUT2D eigenvalue weighted by atomic mass is 9.97. The molecule has 1 aliphatic rings. The highest BCUT2D eigenvalue weighted by molar-refractivity contribution is 5.81. The van der Waals surface area contributed by atoms with Gasteiger partial charge in [-0.2, -0.15) is 5.10 Å². The molecular formula is C22H25N5. The van der Waals surface area contributed by atoms with Crippen LogP contribution in [0, 0.1) is 0 Å². The van der Waals surface area contributed by atoms with Crippen molar-refractivity contribution in [2.75, 3.05) is 13.1 Å². The maximum Gasteiger partial charge on any atom is 0.111 e. The number of H-pyrrole nitrogens is 1. The van der Waals surface area contributed by atoms with Crippen LogP contribution in [0.25, 0.3) is 21.9 Å². The molecule has 1 N–H and O–H groups in total. The molecule has 0 aliphatic carbocycles. The van der Waals surface area contributed by atoms with Crippen LogP contribution in [-0.4, -0.2) is 37.7 Å². The molecule has 1 aliphatic heterocycles. The Bertz CT molecular complexity index is 1040. The van der Waals surface area contributed by atoms with E-state index < -0.39 is 0 Å². The first kappa shape index (κ1) is 16.5. The van der Waals surface area contributed by atoms with Crippen molar-refractivity contribution in [3.05, 3.63) is 60.0 Å². The second-order valence-electron chi connectivity index (χ2n) is 7.49. The molecule has 5 rings (SSSR count). The second kappa shape index (κ2) is 6.82. The molecule has 0 amide bonds. The number of nitrogens with one attached hydrogen (secondary N) is 1. The first-order chi connectivity index (χ1) is 13.3. The number of rotatable bonds is 4. The van der Waals surface area contributed by atoms with Crippen LogP contribution < -0.4 is 0 Å². The standard InChI is InChI=1S/C22H25N5/c1-2-27-21-12-6-3-9-17(21)20(25-27)15-26-13-7-8-16(14-26)22-23-18-10-4-5-11-19(18)24-22/h3-6,9-12,16H,2,7-8,13-15H2,1H3,(H,23,24). The van der Waals surface area contributed by atoms with Crippen LogP contribution in [-0.2, 0) is 13.1 Å². The summed E-state index contributed by atoms with van der Waals surface area (Å²) in [5.41, 5.74) is 4.63. The van der Waals surface area contributed by atoms with Crippen LogP contribution in [0.4, 0.5) is 0 Å².